The number of nitrogens with zero attached hydrogens (tertiary/aromatic N) is 3. The lowest BCUT2D eigenvalue weighted by Crippen LogP contribution is -2.35. The molecule has 2 aromatic carbocycles. The minimum atomic E-state index is -0.0549. The molecule has 0 aliphatic carbocycles. The third-order valence-electron chi connectivity index (χ3n) is 5.58. The highest BCUT2D eigenvalue weighted by Crippen LogP contribution is 2.26. The first kappa shape index (κ1) is 19.7. The molecule has 0 unspecified atom stereocenters. The average molecular weight is 429 g/mol. The molecule has 0 atom stereocenters. The molecule has 1 N–H and O–H groups in total. The number of hydrogen-bond donors (Lipinski definition) is 1. The number of hydrogen-bond acceptors (Lipinski definition) is 4. The summed E-state index contributed by atoms with van der Waals surface area (Å²) in [6.07, 6.45) is 2.64. The van der Waals surface area contributed by atoms with Crippen LogP contribution in [0.5, 0.6) is 0 Å². The van der Waals surface area contributed by atoms with Crippen molar-refractivity contribution in [2.75, 3.05) is 6.54 Å². The van der Waals surface area contributed by atoms with Crippen LogP contribution in [0, 0.1) is 0 Å². The normalized spacial score (nSPS) is 13.7. The predicted molar refractivity (Wildman–Crippen MR) is 123 cm³/mol. The Kier molecular flexibility index (Phi) is 5.37. The summed E-state index contributed by atoms with van der Waals surface area (Å²) in [5, 5.41) is 0.692. The van der Waals surface area contributed by atoms with Crippen LogP contribution in [-0.4, -0.2) is 26.4 Å². The standard InChI is InChI=1S/C25H21ClN4O/c26-21-9-5-4-8-19(21)22-11-10-17(14-27-22)15-30-13-12-23-20(16-30)25(31)29-24(28-23)18-6-2-1-3-7-18/h1-11,14H,12-13,15-16H2,(H,28,29,31). The summed E-state index contributed by atoms with van der Waals surface area (Å²) in [4.78, 5) is 27.3. The zero-order chi connectivity index (χ0) is 21.2. The van der Waals surface area contributed by atoms with Crippen LogP contribution in [0.15, 0.2) is 77.7 Å². The number of rotatable bonds is 4. The second-order valence-electron chi connectivity index (χ2n) is 7.70. The molecule has 5 rings (SSSR count). The van der Waals surface area contributed by atoms with E-state index in [4.69, 9.17) is 16.6 Å². The van der Waals surface area contributed by atoms with E-state index in [9.17, 15) is 4.79 Å². The van der Waals surface area contributed by atoms with Gasteiger partial charge in [-0.1, -0.05) is 66.2 Å². The Hall–Kier alpha value is -3.28. The molecule has 0 saturated carbocycles. The van der Waals surface area contributed by atoms with Gasteiger partial charge in [-0.15, -0.1) is 0 Å². The van der Waals surface area contributed by atoms with Gasteiger partial charge in [-0.25, -0.2) is 4.98 Å². The van der Waals surface area contributed by atoms with Gasteiger partial charge in [0, 0.05) is 48.4 Å². The number of H-pyrrole nitrogens is 1. The second kappa shape index (κ2) is 8.46. The molecule has 0 radical (unpaired) electrons. The number of aromatic nitrogens is 3. The summed E-state index contributed by atoms with van der Waals surface area (Å²) in [6.45, 7) is 2.16. The van der Waals surface area contributed by atoms with E-state index in [0.29, 0.717) is 17.4 Å². The monoisotopic (exact) mass is 428 g/mol. The van der Waals surface area contributed by atoms with Crippen LogP contribution in [0.3, 0.4) is 0 Å². The van der Waals surface area contributed by atoms with Crippen LogP contribution in [0.2, 0.25) is 5.02 Å². The smallest absolute Gasteiger partial charge is 0.255 e. The maximum atomic E-state index is 12.7. The van der Waals surface area contributed by atoms with Crippen molar-refractivity contribution in [1.29, 1.82) is 0 Å². The summed E-state index contributed by atoms with van der Waals surface area (Å²) in [5.41, 5.74) is 5.40. The molecule has 6 heteroatoms. The molecule has 0 amide bonds. The number of aromatic amines is 1. The van der Waals surface area contributed by atoms with Gasteiger partial charge in [0.2, 0.25) is 0 Å². The first-order valence-corrected chi connectivity index (χ1v) is 10.6. The molecule has 154 valence electrons. The minimum Gasteiger partial charge on any atom is -0.306 e. The van der Waals surface area contributed by atoms with Crippen LogP contribution >= 0.6 is 11.6 Å². The number of nitrogens with one attached hydrogen (secondary N) is 1. The summed E-state index contributed by atoms with van der Waals surface area (Å²) < 4.78 is 0. The molecule has 3 heterocycles. The van der Waals surface area contributed by atoms with Crippen molar-refractivity contribution < 1.29 is 0 Å². The zero-order valence-electron chi connectivity index (χ0n) is 16.9. The molecule has 2 aromatic heterocycles. The lowest BCUT2D eigenvalue weighted by atomic mass is 10.1. The van der Waals surface area contributed by atoms with Crippen molar-refractivity contribution in [2.45, 2.75) is 19.5 Å². The molecule has 0 fully saturated rings. The molecule has 1 aliphatic rings. The van der Waals surface area contributed by atoms with E-state index in [1.54, 1.807) is 0 Å². The minimum absolute atomic E-state index is 0.0549. The number of benzene rings is 2. The van der Waals surface area contributed by atoms with Gasteiger partial charge in [0.1, 0.15) is 5.82 Å². The first-order valence-electron chi connectivity index (χ1n) is 10.3. The van der Waals surface area contributed by atoms with Crippen molar-refractivity contribution in [1.82, 2.24) is 19.9 Å². The van der Waals surface area contributed by atoms with Gasteiger partial charge < -0.3 is 4.98 Å². The molecule has 31 heavy (non-hydrogen) atoms. The molecule has 0 spiro atoms. The van der Waals surface area contributed by atoms with Crippen molar-refractivity contribution in [3.05, 3.63) is 105 Å². The molecular weight excluding hydrogens is 408 g/mol. The fourth-order valence-electron chi connectivity index (χ4n) is 3.95. The van der Waals surface area contributed by atoms with Gasteiger partial charge in [-0.2, -0.15) is 0 Å². The second-order valence-corrected chi connectivity index (χ2v) is 8.11. The van der Waals surface area contributed by atoms with Crippen LogP contribution in [0.4, 0.5) is 0 Å². The maximum Gasteiger partial charge on any atom is 0.255 e. The van der Waals surface area contributed by atoms with Crippen LogP contribution in [-0.2, 0) is 19.5 Å². The predicted octanol–water partition coefficient (Wildman–Crippen LogP) is 4.71. The summed E-state index contributed by atoms with van der Waals surface area (Å²) in [5.74, 6) is 0.636. The quantitative estimate of drug-likeness (QED) is 0.511. The third kappa shape index (κ3) is 4.15. The fraction of sp³-hybridized carbons (Fsp3) is 0.160. The fourth-order valence-corrected chi connectivity index (χ4v) is 4.19. The summed E-state index contributed by atoms with van der Waals surface area (Å²) in [6, 6.07) is 21.5. The highest BCUT2D eigenvalue weighted by Gasteiger charge is 2.21. The Morgan fingerprint density at radius 2 is 1.81 bits per heavy atom. The summed E-state index contributed by atoms with van der Waals surface area (Å²) in [7, 11) is 0. The van der Waals surface area contributed by atoms with E-state index in [-0.39, 0.29) is 5.56 Å². The molecule has 5 nitrogen and oxygen atoms in total. The van der Waals surface area contributed by atoms with Crippen LogP contribution in [0.25, 0.3) is 22.6 Å². The number of fused-ring (bicyclic) bond motifs is 1. The lowest BCUT2D eigenvalue weighted by Gasteiger charge is -2.27. The zero-order valence-corrected chi connectivity index (χ0v) is 17.6. The molecule has 1 aliphatic heterocycles. The Balaban J connectivity index is 1.32. The van der Waals surface area contributed by atoms with Gasteiger partial charge in [0.05, 0.1) is 17.0 Å². The van der Waals surface area contributed by atoms with E-state index < -0.39 is 0 Å². The van der Waals surface area contributed by atoms with Gasteiger partial charge >= 0.3 is 0 Å². The average Bonchev–Trinajstić information content (AvgIpc) is 2.81. The van der Waals surface area contributed by atoms with Crippen LogP contribution in [0.1, 0.15) is 16.8 Å². The van der Waals surface area contributed by atoms with Crippen LogP contribution < -0.4 is 5.56 Å². The van der Waals surface area contributed by atoms with Gasteiger partial charge in [0.15, 0.2) is 0 Å². The largest absolute Gasteiger partial charge is 0.306 e. The Labute approximate surface area is 185 Å². The van der Waals surface area contributed by atoms with Crippen molar-refractivity contribution >= 4 is 11.6 Å². The van der Waals surface area contributed by atoms with Gasteiger partial charge in [-0.05, 0) is 17.7 Å². The molecule has 0 bridgehead atoms. The lowest BCUT2D eigenvalue weighted by molar-refractivity contribution is 0.241. The van der Waals surface area contributed by atoms with E-state index in [1.165, 1.54) is 0 Å². The van der Waals surface area contributed by atoms with Gasteiger partial charge in [0.25, 0.3) is 5.56 Å². The topological polar surface area (TPSA) is 61.9 Å². The summed E-state index contributed by atoms with van der Waals surface area (Å²) >= 11 is 6.28. The number of pyridine rings is 1. The maximum absolute atomic E-state index is 12.7. The molecule has 4 aromatic rings. The van der Waals surface area contributed by atoms with Crippen molar-refractivity contribution in [2.24, 2.45) is 0 Å². The SMILES string of the molecule is O=c1[nH]c(-c2ccccc2)nc2c1CN(Cc1ccc(-c3ccccc3Cl)nc1)CC2. The van der Waals surface area contributed by atoms with Crippen molar-refractivity contribution in [3.8, 4) is 22.6 Å². The van der Waals surface area contributed by atoms with E-state index in [0.717, 1.165) is 53.2 Å². The number of halogens is 1. The molecular formula is C25H21ClN4O. The van der Waals surface area contributed by atoms with Crippen molar-refractivity contribution in [3.63, 3.8) is 0 Å². The van der Waals surface area contributed by atoms with E-state index >= 15 is 0 Å². The first-order chi connectivity index (χ1) is 15.2. The Bertz CT molecular complexity index is 1270. The highest BCUT2D eigenvalue weighted by atomic mass is 35.5. The Morgan fingerprint density at radius 3 is 2.58 bits per heavy atom. The third-order valence-corrected chi connectivity index (χ3v) is 5.91. The highest BCUT2D eigenvalue weighted by molar-refractivity contribution is 6.33. The Morgan fingerprint density at radius 1 is 1.00 bits per heavy atom. The van der Waals surface area contributed by atoms with Gasteiger partial charge in [-0.3, -0.25) is 14.7 Å². The van der Waals surface area contributed by atoms with E-state index in [2.05, 4.69) is 20.9 Å². The molecule has 0 saturated heterocycles. The van der Waals surface area contributed by atoms with E-state index in [1.807, 2.05) is 66.9 Å².